The lowest BCUT2D eigenvalue weighted by Gasteiger charge is -2.37. The van der Waals surface area contributed by atoms with Gasteiger partial charge < -0.3 is 9.76 Å². The summed E-state index contributed by atoms with van der Waals surface area (Å²) in [5.41, 5.74) is -0.900. The molecule has 2 nitrogen and oxygen atoms in total. The van der Waals surface area contributed by atoms with Crippen LogP contribution < -0.4 is 5.46 Å². The molecule has 4 rings (SSSR count). The van der Waals surface area contributed by atoms with Gasteiger partial charge in [-0.25, -0.2) is 0 Å². The molecule has 0 atom stereocenters. The van der Waals surface area contributed by atoms with Crippen LogP contribution in [0.1, 0.15) is 27.7 Å². The van der Waals surface area contributed by atoms with Crippen LogP contribution in [0.3, 0.4) is 0 Å². The topological polar surface area (TPSA) is 29.5 Å². The van der Waals surface area contributed by atoms with Gasteiger partial charge in [-0.2, -0.15) is 0 Å². The highest BCUT2D eigenvalue weighted by Gasteiger charge is 2.36. The number of fused-ring (bicyclic) bond motifs is 5. The summed E-state index contributed by atoms with van der Waals surface area (Å²) in [6, 6.07) is 16.6. The van der Waals surface area contributed by atoms with Gasteiger partial charge in [0.1, 0.15) is 0 Å². The molecule has 0 fully saturated rings. The standard InChI is InChI=1S/C22H21BClO2S/c1-21(2,25)22(3,4)26-23-18-17-15-11-7-8-12-16(15)27-20(17)14-10-6-5-9-13(14)19(18)24/h5-12,25H,1-4H3. The van der Waals surface area contributed by atoms with E-state index in [4.69, 9.17) is 16.3 Å². The van der Waals surface area contributed by atoms with Crippen LogP contribution in [0.5, 0.6) is 0 Å². The molecule has 4 aromatic rings. The Morgan fingerprint density at radius 3 is 2.19 bits per heavy atom. The third kappa shape index (κ3) is 3.05. The molecule has 27 heavy (non-hydrogen) atoms. The second-order valence-electron chi connectivity index (χ2n) is 7.88. The Morgan fingerprint density at radius 1 is 0.926 bits per heavy atom. The van der Waals surface area contributed by atoms with Gasteiger partial charge in [-0.15, -0.1) is 11.3 Å². The van der Waals surface area contributed by atoms with E-state index >= 15 is 0 Å². The van der Waals surface area contributed by atoms with Gasteiger partial charge in [0.25, 0.3) is 0 Å². The Balaban J connectivity index is 1.99. The summed E-state index contributed by atoms with van der Waals surface area (Å²) < 4.78 is 8.50. The van der Waals surface area contributed by atoms with E-state index in [0.717, 1.165) is 21.6 Å². The van der Waals surface area contributed by atoms with Crippen molar-refractivity contribution < 1.29 is 9.76 Å². The quantitative estimate of drug-likeness (QED) is 0.451. The lowest BCUT2D eigenvalue weighted by molar-refractivity contribution is -0.0892. The molecule has 0 bridgehead atoms. The zero-order chi connectivity index (χ0) is 19.4. The first-order valence-electron chi connectivity index (χ1n) is 8.95. The first-order valence-corrected chi connectivity index (χ1v) is 10.1. The third-order valence-electron chi connectivity index (χ3n) is 5.45. The van der Waals surface area contributed by atoms with Gasteiger partial charge in [-0.05, 0) is 50.0 Å². The fourth-order valence-corrected chi connectivity index (χ4v) is 4.65. The van der Waals surface area contributed by atoms with Crippen LogP contribution in [-0.2, 0) is 4.65 Å². The maximum Gasteiger partial charge on any atom is 0.333 e. The van der Waals surface area contributed by atoms with Gasteiger partial charge in [0.15, 0.2) is 0 Å². The van der Waals surface area contributed by atoms with Crippen LogP contribution in [0.15, 0.2) is 48.5 Å². The molecule has 0 amide bonds. The van der Waals surface area contributed by atoms with Crippen molar-refractivity contribution >= 4 is 66.8 Å². The minimum Gasteiger partial charge on any atom is -0.427 e. The molecule has 0 saturated heterocycles. The second-order valence-corrected chi connectivity index (χ2v) is 9.31. The molecule has 137 valence electrons. The number of aliphatic hydroxyl groups is 1. The Hall–Kier alpha value is -1.59. The van der Waals surface area contributed by atoms with Crippen molar-refractivity contribution in [2.75, 3.05) is 0 Å². The molecule has 0 spiro atoms. The van der Waals surface area contributed by atoms with E-state index in [0.29, 0.717) is 5.02 Å². The van der Waals surface area contributed by atoms with Crippen molar-refractivity contribution in [1.29, 1.82) is 0 Å². The number of benzene rings is 3. The van der Waals surface area contributed by atoms with Crippen molar-refractivity contribution in [1.82, 2.24) is 0 Å². The van der Waals surface area contributed by atoms with Crippen LogP contribution in [-0.4, -0.2) is 23.8 Å². The number of hydrogen-bond donors (Lipinski definition) is 1. The maximum atomic E-state index is 10.4. The SMILES string of the molecule is CC(C)(O)C(C)(C)O[B]c1c(Cl)c2ccccc2c2sc3ccccc3c12. The predicted octanol–water partition coefficient (Wildman–Crippen LogP) is 5.67. The summed E-state index contributed by atoms with van der Waals surface area (Å²) in [5, 5.41) is 15.5. The Bertz CT molecular complexity index is 1160. The molecule has 0 saturated carbocycles. The first kappa shape index (κ1) is 18.8. The normalized spacial score (nSPS) is 13.0. The lowest BCUT2D eigenvalue weighted by Crippen LogP contribution is -2.49. The Labute approximate surface area is 169 Å². The number of halogens is 1. The van der Waals surface area contributed by atoms with E-state index in [-0.39, 0.29) is 0 Å². The number of thiophene rings is 1. The van der Waals surface area contributed by atoms with E-state index in [1.54, 1.807) is 32.7 Å². The van der Waals surface area contributed by atoms with Crippen molar-refractivity contribution in [3.8, 4) is 0 Å². The third-order valence-corrected chi connectivity index (χ3v) is 7.07. The molecule has 1 aromatic heterocycles. The second kappa shape index (κ2) is 6.49. The highest BCUT2D eigenvalue weighted by atomic mass is 35.5. The molecule has 1 heterocycles. The Kier molecular flexibility index (Phi) is 4.51. The van der Waals surface area contributed by atoms with Gasteiger partial charge in [0.2, 0.25) is 0 Å². The van der Waals surface area contributed by atoms with Crippen molar-refractivity contribution in [2.24, 2.45) is 0 Å². The molecule has 5 heteroatoms. The van der Waals surface area contributed by atoms with Crippen LogP contribution >= 0.6 is 22.9 Å². The van der Waals surface area contributed by atoms with E-state index in [1.807, 2.05) is 38.1 Å². The molecule has 0 aliphatic rings. The molecule has 1 radical (unpaired) electrons. The van der Waals surface area contributed by atoms with Crippen LogP contribution in [0, 0.1) is 0 Å². The van der Waals surface area contributed by atoms with Gasteiger partial charge >= 0.3 is 7.48 Å². The zero-order valence-electron chi connectivity index (χ0n) is 15.8. The smallest absolute Gasteiger partial charge is 0.333 e. The number of rotatable bonds is 4. The molecular weight excluding hydrogens is 375 g/mol. The summed E-state index contributed by atoms with van der Waals surface area (Å²) in [4.78, 5) is 0. The highest BCUT2D eigenvalue weighted by molar-refractivity contribution is 7.27. The number of hydrogen-bond acceptors (Lipinski definition) is 3. The molecule has 0 aliphatic carbocycles. The van der Waals surface area contributed by atoms with Gasteiger partial charge in [-0.3, -0.25) is 0 Å². The van der Waals surface area contributed by atoms with Crippen LogP contribution in [0.2, 0.25) is 5.02 Å². The minimum absolute atomic E-state index is 0.674. The summed E-state index contributed by atoms with van der Waals surface area (Å²) in [7, 11) is 1.72. The average molecular weight is 396 g/mol. The van der Waals surface area contributed by atoms with E-state index < -0.39 is 11.2 Å². The summed E-state index contributed by atoms with van der Waals surface area (Å²) in [6.45, 7) is 7.25. The largest absolute Gasteiger partial charge is 0.427 e. The fraction of sp³-hybridized carbons (Fsp3) is 0.273. The molecule has 3 aromatic carbocycles. The monoisotopic (exact) mass is 395 g/mol. The molecule has 0 aliphatic heterocycles. The van der Waals surface area contributed by atoms with E-state index in [1.165, 1.54) is 14.8 Å². The first-order chi connectivity index (χ1) is 12.7. The van der Waals surface area contributed by atoms with Crippen molar-refractivity contribution in [3.63, 3.8) is 0 Å². The summed E-state index contributed by atoms with van der Waals surface area (Å²) >= 11 is 8.62. The predicted molar refractivity (Wildman–Crippen MR) is 119 cm³/mol. The highest BCUT2D eigenvalue weighted by Crippen LogP contribution is 2.40. The maximum absolute atomic E-state index is 10.4. The lowest BCUT2D eigenvalue weighted by atomic mass is 9.79. The molecular formula is C22H21BClO2S. The molecule has 1 N–H and O–H groups in total. The summed E-state index contributed by atoms with van der Waals surface area (Å²) in [5.74, 6) is 0. The van der Waals surface area contributed by atoms with Gasteiger partial charge in [0, 0.05) is 25.2 Å². The van der Waals surface area contributed by atoms with Crippen molar-refractivity contribution in [3.05, 3.63) is 53.6 Å². The van der Waals surface area contributed by atoms with Crippen LogP contribution in [0.4, 0.5) is 0 Å². The minimum atomic E-state index is -0.997. The fourth-order valence-electron chi connectivity index (χ4n) is 3.09. The van der Waals surface area contributed by atoms with E-state index in [2.05, 4.69) is 24.3 Å². The zero-order valence-corrected chi connectivity index (χ0v) is 17.4. The summed E-state index contributed by atoms with van der Waals surface area (Å²) in [6.07, 6.45) is 0. The molecule has 0 unspecified atom stereocenters. The van der Waals surface area contributed by atoms with Crippen molar-refractivity contribution in [2.45, 2.75) is 38.9 Å². The average Bonchev–Trinajstić information content (AvgIpc) is 3.00. The Morgan fingerprint density at radius 2 is 1.52 bits per heavy atom. The van der Waals surface area contributed by atoms with E-state index in [9.17, 15) is 5.11 Å². The van der Waals surface area contributed by atoms with Crippen LogP contribution in [0.25, 0.3) is 30.9 Å². The van der Waals surface area contributed by atoms with Gasteiger partial charge in [0.05, 0.1) is 11.2 Å². The van der Waals surface area contributed by atoms with Gasteiger partial charge in [-0.1, -0.05) is 54.1 Å².